The second-order valence-electron chi connectivity index (χ2n) is 2.81. The van der Waals surface area contributed by atoms with Gasteiger partial charge in [0, 0.05) is 12.1 Å². The normalized spacial score (nSPS) is 10.1. The first-order valence-corrected chi connectivity index (χ1v) is 4.26. The molecule has 0 rings (SSSR count). The van der Waals surface area contributed by atoms with Gasteiger partial charge < -0.3 is 5.32 Å². The summed E-state index contributed by atoms with van der Waals surface area (Å²) in [7, 11) is 0. The van der Waals surface area contributed by atoms with Crippen molar-refractivity contribution >= 4 is 5.91 Å². The average Bonchev–Trinajstić information content (AvgIpc) is 2.14. The fraction of sp³-hybridized carbons (Fsp3) is 0.273. The number of rotatable bonds is 5. The molecule has 0 unspecified atom stereocenters. The van der Waals surface area contributed by atoms with Gasteiger partial charge in [0.15, 0.2) is 0 Å². The fourth-order valence-electron chi connectivity index (χ4n) is 0.817. The molecule has 0 atom stereocenters. The summed E-state index contributed by atoms with van der Waals surface area (Å²) in [4.78, 5) is 11.4. The molecule has 74 valence electrons. The van der Waals surface area contributed by atoms with Gasteiger partial charge >= 0.3 is 0 Å². The van der Waals surface area contributed by atoms with Crippen LogP contribution in [0, 0.1) is 11.3 Å². The molecule has 0 saturated carbocycles. The van der Waals surface area contributed by atoms with E-state index >= 15 is 0 Å². The molecule has 0 spiro atoms. The van der Waals surface area contributed by atoms with E-state index in [4.69, 9.17) is 5.26 Å². The molecule has 0 aromatic carbocycles. The monoisotopic (exact) mass is 190 g/mol. The Morgan fingerprint density at radius 2 is 2.29 bits per heavy atom. The van der Waals surface area contributed by atoms with E-state index in [0.717, 1.165) is 5.57 Å². The molecule has 0 aliphatic heterocycles. The van der Waals surface area contributed by atoms with Crippen LogP contribution in [0.5, 0.6) is 0 Å². The van der Waals surface area contributed by atoms with Crippen LogP contribution in [-0.4, -0.2) is 12.5 Å². The predicted octanol–water partition coefficient (Wildman–Crippen LogP) is 1.70. The Labute approximate surface area is 84.4 Å². The van der Waals surface area contributed by atoms with Crippen LogP contribution in [0.25, 0.3) is 0 Å². The van der Waals surface area contributed by atoms with Crippen molar-refractivity contribution in [3.05, 3.63) is 36.5 Å². The number of allylic oxidation sites excluding steroid dienone is 2. The van der Waals surface area contributed by atoms with Gasteiger partial charge in [-0.3, -0.25) is 4.79 Å². The summed E-state index contributed by atoms with van der Waals surface area (Å²) < 4.78 is 0. The molecule has 3 heteroatoms. The number of amides is 1. The third-order valence-corrected chi connectivity index (χ3v) is 1.41. The third-order valence-electron chi connectivity index (χ3n) is 1.41. The van der Waals surface area contributed by atoms with E-state index in [1.165, 1.54) is 6.08 Å². The minimum atomic E-state index is -0.224. The zero-order valence-corrected chi connectivity index (χ0v) is 8.34. The molecule has 14 heavy (non-hydrogen) atoms. The van der Waals surface area contributed by atoms with E-state index in [9.17, 15) is 4.79 Å². The molecule has 0 saturated heterocycles. The first-order valence-electron chi connectivity index (χ1n) is 4.26. The van der Waals surface area contributed by atoms with Gasteiger partial charge in [-0.05, 0) is 13.0 Å². The number of nitrogens with zero attached hydrogens (tertiary/aromatic N) is 1. The van der Waals surface area contributed by atoms with Crippen LogP contribution < -0.4 is 5.32 Å². The zero-order valence-electron chi connectivity index (χ0n) is 8.34. The highest BCUT2D eigenvalue weighted by Crippen LogP contribution is 2.01. The number of nitrogens with one attached hydrogen (secondary N) is 1. The Bertz CT molecular complexity index is 308. The van der Waals surface area contributed by atoms with Crippen LogP contribution in [0.15, 0.2) is 36.5 Å². The highest BCUT2D eigenvalue weighted by molar-refractivity contribution is 5.96. The van der Waals surface area contributed by atoms with Gasteiger partial charge in [0.25, 0.3) is 5.91 Å². The van der Waals surface area contributed by atoms with E-state index in [1.54, 1.807) is 13.0 Å². The molecular formula is C11H14N2O. The zero-order chi connectivity index (χ0) is 11.0. The fourth-order valence-corrected chi connectivity index (χ4v) is 0.817. The summed E-state index contributed by atoms with van der Waals surface area (Å²) in [6.07, 6.45) is 3.42. The molecule has 3 nitrogen and oxygen atoms in total. The first-order chi connectivity index (χ1) is 6.61. The standard InChI is InChI=1S/C11H14N2O/c1-4-10(8-9(2)3)11(14)13-7-5-6-12/h4,8H,1-2,5,7H2,3H3,(H,13,14)/b10-8+. The van der Waals surface area contributed by atoms with E-state index in [2.05, 4.69) is 18.5 Å². The molecule has 0 heterocycles. The van der Waals surface area contributed by atoms with E-state index in [1.807, 2.05) is 6.07 Å². The maximum absolute atomic E-state index is 11.4. The molecule has 1 amide bonds. The van der Waals surface area contributed by atoms with Crippen molar-refractivity contribution in [1.82, 2.24) is 5.32 Å². The lowest BCUT2D eigenvalue weighted by Crippen LogP contribution is -2.25. The lowest BCUT2D eigenvalue weighted by Gasteiger charge is -2.02. The van der Waals surface area contributed by atoms with Crippen molar-refractivity contribution in [2.24, 2.45) is 0 Å². The van der Waals surface area contributed by atoms with Gasteiger partial charge in [-0.1, -0.05) is 24.8 Å². The Balaban J connectivity index is 4.27. The topological polar surface area (TPSA) is 52.9 Å². The summed E-state index contributed by atoms with van der Waals surface area (Å²) in [5.41, 5.74) is 1.26. The van der Waals surface area contributed by atoms with Crippen LogP contribution in [-0.2, 0) is 4.79 Å². The number of hydrogen-bond acceptors (Lipinski definition) is 2. The highest BCUT2D eigenvalue weighted by atomic mass is 16.1. The van der Waals surface area contributed by atoms with Gasteiger partial charge in [-0.15, -0.1) is 0 Å². The van der Waals surface area contributed by atoms with Crippen LogP contribution in [0.4, 0.5) is 0 Å². The molecule has 0 aliphatic rings. The lowest BCUT2D eigenvalue weighted by molar-refractivity contribution is -0.117. The van der Waals surface area contributed by atoms with Gasteiger partial charge in [-0.25, -0.2) is 0 Å². The Morgan fingerprint density at radius 1 is 1.64 bits per heavy atom. The Morgan fingerprint density at radius 3 is 2.71 bits per heavy atom. The molecule has 0 aliphatic carbocycles. The van der Waals surface area contributed by atoms with E-state index < -0.39 is 0 Å². The highest BCUT2D eigenvalue weighted by Gasteiger charge is 2.03. The van der Waals surface area contributed by atoms with Crippen molar-refractivity contribution in [1.29, 1.82) is 5.26 Å². The molecule has 0 aromatic heterocycles. The van der Waals surface area contributed by atoms with Gasteiger partial charge in [-0.2, -0.15) is 5.26 Å². The van der Waals surface area contributed by atoms with Crippen molar-refractivity contribution in [2.45, 2.75) is 13.3 Å². The second kappa shape index (κ2) is 6.67. The molecule has 0 radical (unpaired) electrons. The van der Waals surface area contributed by atoms with Crippen LogP contribution in [0.2, 0.25) is 0 Å². The van der Waals surface area contributed by atoms with Crippen molar-refractivity contribution < 1.29 is 4.79 Å². The van der Waals surface area contributed by atoms with Gasteiger partial charge in [0.1, 0.15) is 0 Å². The van der Waals surface area contributed by atoms with E-state index in [-0.39, 0.29) is 5.91 Å². The quantitative estimate of drug-likeness (QED) is 0.407. The number of carbonyl (C=O) groups excluding carboxylic acids is 1. The minimum absolute atomic E-state index is 0.224. The summed E-state index contributed by atoms with van der Waals surface area (Å²) in [6.45, 7) is 9.35. The second-order valence-corrected chi connectivity index (χ2v) is 2.81. The molecule has 1 N–H and O–H groups in total. The summed E-state index contributed by atoms with van der Waals surface area (Å²) in [5.74, 6) is -0.224. The molecular weight excluding hydrogens is 176 g/mol. The first kappa shape index (κ1) is 12.2. The van der Waals surface area contributed by atoms with E-state index in [0.29, 0.717) is 18.5 Å². The summed E-state index contributed by atoms with van der Waals surface area (Å²) in [6, 6.07) is 1.94. The van der Waals surface area contributed by atoms with Crippen LogP contribution in [0.3, 0.4) is 0 Å². The number of carbonyl (C=O) groups is 1. The van der Waals surface area contributed by atoms with Crippen LogP contribution >= 0.6 is 0 Å². The summed E-state index contributed by atoms with van der Waals surface area (Å²) in [5, 5.41) is 10.9. The maximum atomic E-state index is 11.4. The molecule has 0 fully saturated rings. The lowest BCUT2D eigenvalue weighted by atomic mass is 10.1. The van der Waals surface area contributed by atoms with Crippen molar-refractivity contribution in [3.63, 3.8) is 0 Å². The smallest absolute Gasteiger partial charge is 0.251 e. The van der Waals surface area contributed by atoms with Gasteiger partial charge in [0.05, 0.1) is 12.5 Å². The SMILES string of the molecule is C=C/C(=C\C(=C)C)C(=O)NCCC#N. The number of nitriles is 1. The van der Waals surface area contributed by atoms with Crippen molar-refractivity contribution in [2.75, 3.05) is 6.54 Å². The minimum Gasteiger partial charge on any atom is -0.351 e. The summed E-state index contributed by atoms with van der Waals surface area (Å²) >= 11 is 0. The average molecular weight is 190 g/mol. The molecule has 0 aromatic rings. The maximum Gasteiger partial charge on any atom is 0.251 e. The molecule has 0 bridgehead atoms. The number of hydrogen-bond donors (Lipinski definition) is 1. The third kappa shape index (κ3) is 4.94. The van der Waals surface area contributed by atoms with Crippen LogP contribution in [0.1, 0.15) is 13.3 Å². The Hall–Kier alpha value is -1.82. The Kier molecular flexibility index (Phi) is 5.80. The predicted molar refractivity (Wildman–Crippen MR) is 56.3 cm³/mol. The van der Waals surface area contributed by atoms with Gasteiger partial charge in [0.2, 0.25) is 0 Å². The van der Waals surface area contributed by atoms with Crippen molar-refractivity contribution in [3.8, 4) is 6.07 Å². The largest absolute Gasteiger partial charge is 0.351 e.